The lowest BCUT2D eigenvalue weighted by Gasteiger charge is -2.03. The van der Waals surface area contributed by atoms with E-state index < -0.39 is 11.0 Å². The van der Waals surface area contributed by atoms with Crippen molar-refractivity contribution in [2.75, 3.05) is 13.7 Å². The molecule has 0 saturated carbocycles. The molecule has 0 bridgehead atoms. The number of nitro groups is 1. The maximum absolute atomic E-state index is 10.9. The molecule has 8 nitrogen and oxygen atoms in total. The van der Waals surface area contributed by atoms with Gasteiger partial charge in [0, 0.05) is 24.3 Å². The molecule has 0 fully saturated rings. The molecular formula is C12H14N4O4. The highest BCUT2D eigenvalue weighted by Crippen LogP contribution is 2.26. The summed E-state index contributed by atoms with van der Waals surface area (Å²) in [5.41, 5.74) is 6.83. The van der Waals surface area contributed by atoms with E-state index in [0.717, 1.165) is 0 Å². The van der Waals surface area contributed by atoms with Gasteiger partial charge in [0.25, 0.3) is 11.6 Å². The predicted molar refractivity (Wildman–Crippen MR) is 69.9 cm³/mol. The summed E-state index contributed by atoms with van der Waals surface area (Å²) < 4.78 is 9.98. The second-order valence-electron chi connectivity index (χ2n) is 4.28. The minimum atomic E-state index is -0.502. The van der Waals surface area contributed by atoms with E-state index in [1.54, 1.807) is 19.1 Å². The zero-order chi connectivity index (χ0) is 14.7. The minimum Gasteiger partial charge on any atom is -0.383 e. The fourth-order valence-electron chi connectivity index (χ4n) is 1.70. The van der Waals surface area contributed by atoms with Crippen molar-refractivity contribution in [2.24, 2.45) is 5.73 Å². The van der Waals surface area contributed by atoms with Gasteiger partial charge in [-0.05, 0) is 13.0 Å². The Morgan fingerprint density at radius 3 is 2.95 bits per heavy atom. The van der Waals surface area contributed by atoms with Crippen LogP contribution in [0.1, 0.15) is 17.4 Å². The number of hydrogen-bond donors (Lipinski definition) is 1. The van der Waals surface area contributed by atoms with E-state index in [2.05, 4.69) is 10.1 Å². The lowest BCUT2D eigenvalue weighted by atomic mass is 10.1. The number of nitrogens with zero attached hydrogens (tertiary/aromatic N) is 3. The number of nitrogens with two attached hydrogens (primary N) is 1. The number of aromatic nitrogens is 2. The van der Waals surface area contributed by atoms with Crippen LogP contribution >= 0.6 is 0 Å². The Morgan fingerprint density at radius 2 is 2.30 bits per heavy atom. The standard InChI is InChI=1S/C12H14N4O4/c1-7-3-4-8(5-10(7)16(17)18)12-14-11(15-20-12)9(13)6-19-2/h3-5,9H,6,13H2,1-2H3. The van der Waals surface area contributed by atoms with Gasteiger partial charge in [-0.1, -0.05) is 11.2 Å². The van der Waals surface area contributed by atoms with Crippen LogP contribution < -0.4 is 5.73 Å². The van der Waals surface area contributed by atoms with Crippen molar-refractivity contribution in [3.63, 3.8) is 0 Å². The second-order valence-corrected chi connectivity index (χ2v) is 4.28. The van der Waals surface area contributed by atoms with Crippen LogP contribution in [0, 0.1) is 17.0 Å². The Kier molecular flexibility index (Phi) is 4.06. The zero-order valence-electron chi connectivity index (χ0n) is 11.1. The molecule has 0 spiro atoms. The van der Waals surface area contributed by atoms with Crippen molar-refractivity contribution in [2.45, 2.75) is 13.0 Å². The van der Waals surface area contributed by atoms with E-state index in [4.69, 9.17) is 15.0 Å². The average molecular weight is 278 g/mol. The van der Waals surface area contributed by atoms with Gasteiger partial charge in [0.1, 0.15) is 0 Å². The number of nitro benzene ring substituents is 1. The largest absolute Gasteiger partial charge is 0.383 e. The molecule has 1 heterocycles. The SMILES string of the molecule is COCC(N)c1noc(-c2ccc(C)c([N+](=O)[O-])c2)n1. The molecule has 2 N–H and O–H groups in total. The van der Waals surface area contributed by atoms with Crippen molar-refractivity contribution in [1.82, 2.24) is 10.1 Å². The first-order valence-electron chi connectivity index (χ1n) is 5.86. The molecule has 0 saturated heterocycles. The third-order valence-corrected chi connectivity index (χ3v) is 2.77. The highest BCUT2D eigenvalue weighted by Gasteiger charge is 2.18. The van der Waals surface area contributed by atoms with E-state index in [9.17, 15) is 10.1 Å². The summed E-state index contributed by atoms with van der Waals surface area (Å²) in [4.78, 5) is 14.6. The summed E-state index contributed by atoms with van der Waals surface area (Å²) in [7, 11) is 1.52. The summed E-state index contributed by atoms with van der Waals surface area (Å²) >= 11 is 0. The quantitative estimate of drug-likeness (QED) is 0.651. The van der Waals surface area contributed by atoms with Gasteiger partial charge < -0.3 is 15.0 Å². The van der Waals surface area contributed by atoms with Crippen LogP contribution in [0.2, 0.25) is 0 Å². The first-order chi connectivity index (χ1) is 9.52. The van der Waals surface area contributed by atoms with Crippen LogP contribution in [0.5, 0.6) is 0 Å². The van der Waals surface area contributed by atoms with Crippen molar-refractivity contribution in [1.29, 1.82) is 0 Å². The molecule has 0 aliphatic heterocycles. The van der Waals surface area contributed by atoms with Crippen LogP contribution in [0.3, 0.4) is 0 Å². The lowest BCUT2D eigenvalue weighted by molar-refractivity contribution is -0.385. The molecule has 0 aliphatic rings. The summed E-state index contributed by atoms with van der Waals surface area (Å²) in [6.07, 6.45) is 0. The third-order valence-electron chi connectivity index (χ3n) is 2.77. The molecule has 1 aromatic heterocycles. The molecule has 2 aromatic rings. The number of methoxy groups -OCH3 is 1. The van der Waals surface area contributed by atoms with Crippen LogP contribution in [0.25, 0.3) is 11.5 Å². The van der Waals surface area contributed by atoms with Gasteiger partial charge in [-0.25, -0.2) is 0 Å². The normalized spacial score (nSPS) is 12.3. The van der Waals surface area contributed by atoms with E-state index in [1.165, 1.54) is 13.2 Å². The summed E-state index contributed by atoms with van der Waals surface area (Å²) in [6.45, 7) is 1.92. The van der Waals surface area contributed by atoms with Crippen LogP contribution in [-0.4, -0.2) is 28.8 Å². The predicted octanol–water partition coefficient (Wildman–Crippen LogP) is 1.60. The van der Waals surface area contributed by atoms with Gasteiger partial charge in [-0.2, -0.15) is 4.98 Å². The smallest absolute Gasteiger partial charge is 0.273 e. The molecule has 1 aromatic carbocycles. The number of rotatable bonds is 5. The van der Waals surface area contributed by atoms with Crippen molar-refractivity contribution < 1.29 is 14.2 Å². The van der Waals surface area contributed by atoms with E-state index in [-0.39, 0.29) is 18.2 Å². The van der Waals surface area contributed by atoms with Crippen LogP contribution in [-0.2, 0) is 4.74 Å². The third kappa shape index (κ3) is 2.81. The molecule has 8 heteroatoms. The average Bonchev–Trinajstić information content (AvgIpc) is 2.89. The van der Waals surface area contributed by atoms with Gasteiger partial charge in [-0.3, -0.25) is 10.1 Å². The molecular weight excluding hydrogens is 264 g/mol. The molecule has 1 atom stereocenters. The molecule has 1 unspecified atom stereocenters. The van der Waals surface area contributed by atoms with Gasteiger partial charge >= 0.3 is 0 Å². The number of benzene rings is 1. The monoisotopic (exact) mass is 278 g/mol. The fourth-order valence-corrected chi connectivity index (χ4v) is 1.70. The zero-order valence-corrected chi connectivity index (χ0v) is 11.1. The number of ether oxygens (including phenoxy) is 1. The first-order valence-corrected chi connectivity index (χ1v) is 5.86. The highest BCUT2D eigenvalue weighted by molar-refractivity contribution is 5.59. The van der Waals surface area contributed by atoms with E-state index in [1.807, 2.05) is 0 Å². The topological polar surface area (TPSA) is 117 Å². The Bertz CT molecular complexity index is 626. The second kappa shape index (κ2) is 5.76. The molecule has 20 heavy (non-hydrogen) atoms. The Hall–Kier alpha value is -2.32. The minimum absolute atomic E-state index is 0.00319. The van der Waals surface area contributed by atoms with Gasteiger partial charge in [0.05, 0.1) is 17.6 Å². The molecule has 0 aliphatic carbocycles. The summed E-state index contributed by atoms with van der Waals surface area (Å²) in [6, 6.07) is 4.21. The summed E-state index contributed by atoms with van der Waals surface area (Å²) in [5.74, 6) is 0.486. The van der Waals surface area contributed by atoms with Crippen molar-refractivity contribution >= 4 is 5.69 Å². The maximum atomic E-state index is 10.9. The Balaban J connectivity index is 2.33. The van der Waals surface area contributed by atoms with Gasteiger partial charge in [-0.15, -0.1) is 0 Å². The Labute approximate surface area is 114 Å². The number of hydrogen-bond acceptors (Lipinski definition) is 7. The first kappa shape index (κ1) is 14.1. The van der Waals surface area contributed by atoms with Crippen molar-refractivity contribution in [3.8, 4) is 11.5 Å². The molecule has 106 valence electrons. The van der Waals surface area contributed by atoms with Crippen molar-refractivity contribution in [3.05, 3.63) is 39.7 Å². The molecule has 0 amide bonds. The maximum Gasteiger partial charge on any atom is 0.273 e. The van der Waals surface area contributed by atoms with Crippen LogP contribution in [0.15, 0.2) is 22.7 Å². The van der Waals surface area contributed by atoms with E-state index >= 15 is 0 Å². The number of aryl methyl sites for hydroxylation is 1. The highest BCUT2D eigenvalue weighted by atomic mass is 16.6. The summed E-state index contributed by atoms with van der Waals surface area (Å²) in [5, 5.41) is 14.7. The van der Waals surface area contributed by atoms with Gasteiger partial charge in [0.15, 0.2) is 5.82 Å². The molecule has 0 radical (unpaired) electrons. The van der Waals surface area contributed by atoms with Gasteiger partial charge in [0.2, 0.25) is 0 Å². The lowest BCUT2D eigenvalue weighted by Crippen LogP contribution is -2.17. The Morgan fingerprint density at radius 1 is 1.55 bits per heavy atom. The van der Waals surface area contributed by atoms with Crippen LogP contribution in [0.4, 0.5) is 5.69 Å². The molecule has 2 rings (SSSR count). The van der Waals surface area contributed by atoms with E-state index in [0.29, 0.717) is 17.0 Å². The fraction of sp³-hybridized carbons (Fsp3) is 0.333.